The van der Waals surface area contributed by atoms with Gasteiger partial charge in [0.2, 0.25) is 0 Å². The summed E-state index contributed by atoms with van der Waals surface area (Å²) < 4.78 is 0. The van der Waals surface area contributed by atoms with Gasteiger partial charge in [-0.25, -0.2) is 5.43 Å². The molecule has 3 N–H and O–H groups in total. The van der Waals surface area contributed by atoms with E-state index < -0.39 is 0 Å². The Morgan fingerprint density at radius 1 is 1.11 bits per heavy atom. The molecule has 1 aromatic heterocycles. The van der Waals surface area contributed by atoms with Crippen LogP contribution in [0.3, 0.4) is 0 Å². The minimum atomic E-state index is -0.0325. The lowest BCUT2D eigenvalue weighted by molar-refractivity contribution is 0.635. The van der Waals surface area contributed by atoms with Gasteiger partial charge < -0.3 is 4.90 Å². The predicted octanol–water partition coefficient (Wildman–Crippen LogP) is 1.70. The largest absolute Gasteiger partial charge is 0.378 e. The van der Waals surface area contributed by atoms with Gasteiger partial charge in [0.05, 0.1) is 6.04 Å². The zero-order valence-electron chi connectivity index (χ0n) is 10.7. The summed E-state index contributed by atoms with van der Waals surface area (Å²) in [6.07, 6.45) is 3.58. The number of benzene rings is 1. The highest BCUT2D eigenvalue weighted by Crippen LogP contribution is 2.22. The minimum Gasteiger partial charge on any atom is -0.378 e. The first-order chi connectivity index (χ1) is 8.72. The SMILES string of the molecule is CN(C)c1ccc(C(NN)c2cccnc2)cc1. The van der Waals surface area contributed by atoms with Crippen LogP contribution in [0.25, 0.3) is 0 Å². The number of nitrogens with zero attached hydrogens (tertiary/aromatic N) is 2. The second kappa shape index (κ2) is 5.62. The third-order valence-corrected chi connectivity index (χ3v) is 2.93. The van der Waals surface area contributed by atoms with E-state index in [-0.39, 0.29) is 6.04 Å². The van der Waals surface area contributed by atoms with Crippen molar-refractivity contribution in [3.05, 3.63) is 59.9 Å². The van der Waals surface area contributed by atoms with E-state index in [0.29, 0.717) is 0 Å². The molecule has 2 aromatic rings. The number of nitrogens with one attached hydrogen (secondary N) is 1. The minimum absolute atomic E-state index is 0.0325. The summed E-state index contributed by atoms with van der Waals surface area (Å²) in [6.45, 7) is 0. The summed E-state index contributed by atoms with van der Waals surface area (Å²) in [5, 5.41) is 0. The smallest absolute Gasteiger partial charge is 0.0725 e. The maximum atomic E-state index is 5.65. The molecule has 1 atom stereocenters. The summed E-state index contributed by atoms with van der Waals surface area (Å²) in [5.74, 6) is 5.65. The van der Waals surface area contributed by atoms with E-state index >= 15 is 0 Å². The molecule has 4 nitrogen and oxygen atoms in total. The van der Waals surface area contributed by atoms with Gasteiger partial charge in [0.15, 0.2) is 0 Å². The van der Waals surface area contributed by atoms with Crippen molar-refractivity contribution in [3.63, 3.8) is 0 Å². The van der Waals surface area contributed by atoms with Crippen LogP contribution in [0.5, 0.6) is 0 Å². The van der Waals surface area contributed by atoms with Gasteiger partial charge in [-0.15, -0.1) is 0 Å². The van der Waals surface area contributed by atoms with Crippen LogP contribution in [-0.2, 0) is 0 Å². The van der Waals surface area contributed by atoms with Crippen LogP contribution in [0.1, 0.15) is 17.2 Å². The summed E-state index contributed by atoms with van der Waals surface area (Å²) in [5.41, 5.74) is 6.17. The van der Waals surface area contributed by atoms with Crippen LogP contribution in [-0.4, -0.2) is 19.1 Å². The average Bonchev–Trinajstić information content (AvgIpc) is 2.41. The van der Waals surface area contributed by atoms with Gasteiger partial charge in [0.1, 0.15) is 0 Å². The van der Waals surface area contributed by atoms with Gasteiger partial charge in [-0.05, 0) is 29.3 Å². The average molecular weight is 242 g/mol. The van der Waals surface area contributed by atoms with E-state index in [2.05, 4.69) is 39.6 Å². The van der Waals surface area contributed by atoms with Crippen molar-refractivity contribution >= 4 is 5.69 Å². The Labute approximate surface area is 107 Å². The molecule has 0 amide bonds. The Morgan fingerprint density at radius 2 is 1.83 bits per heavy atom. The van der Waals surface area contributed by atoms with E-state index in [1.165, 1.54) is 5.69 Å². The van der Waals surface area contributed by atoms with Crippen LogP contribution in [0.15, 0.2) is 48.8 Å². The van der Waals surface area contributed by atoms with Crippen LogP contribution >= 0.6 is 0 Å². The number of aromatic nitrogens is 1. The van der Waals surface area contributed by atoms with Gasteiger partial charge in [-0.1, -0.05) is 18.2 Å². The third kappa shape index (κ3) is 2.67. The second-order valence-corrected chi connectivity index (χ2v) is 4.37. The molecule has 4 heteroatoms. The van der Waals surface area contributed by atoms with Gasteiger partial charge in [-0.2, -0.15) is 0 Å². The molecule has 0 saturated carbocycles. The summed E-state index contributed by atoms with van der Waals surface area (Å²) >= 11 is 0. The van der Waals surface area contributed by atoms with E-state index in [1.807, 2.05) is 32.4 Å². The molecular weight excluding hydrogens is 224 g/mol. The predicted molar refractivity (Wildman–Crippen MR) is 74.2 cm³/mol. The summed E-state index contributed by atoms with van der Waals surface area (Å²) in [6, 6.07) is 12.2. The van der Waals surface area contributed by atoms with Crippen LogP contribution in [0.4, 0.5) is 5.69 Å². The Morgan fingerprint density at radius 3 is 2.33 bits per heavy atom. The number of hydrogen-bond acceptors (Lipinski definition) is 4. The highest BCUT2D eigenvalue weighted by atomic mass is 15.2. The van der Waals surface area contributed by atoms with Crippen LogP contribution in [0, 0.1) is 0 Å². The summed E-state index contributed by atoms with van der Waals surface area (Å²) in [7, 11) is 4.05. The Kier molecular flexibility index (Phi) is 3.92. The second-order valence-electron chi connectivity index (χ2n) is 4.37. The molecule has 0 radical (unpaired) electrons. The van der Waals surface area contributed by atoms with Gasteiger partial charge >= 0.3 is 0 Å². The first-order valence-electron chi connectivity index (χ1n) is 5.85. The van der Waals surface area contributed by atoms with Gasteiger partial charge in [0.25, 0.3) is 0 Å². The van der Waals surface area contributed by atoms with E-state index in [1.54, 1.807) is 6.20 Å². The molecule has 0 fully saturated rings. The van der Waals surface area contributed by atoms with Crippen molar-refractivity contribution in [1.29, 1.82) is 0 Å². The summed E-state index contributed by atoms with van der Waals surface area (Å²) in [4.78, 5) is 6.19. The third-order valence-electron chi connectivity index (χ3n) is 2.93. The number of hydrogen-bond donors (Lipinski definition) is 2. The molecule has 0 aliphatic carbocycles. The maximum absolute atomic E-state index is 5.65. The van der Waals surface area contributed by atoms with Gasteiger partial charge in [0, 0.05) is 32.2 Å². The Balaban J connectivity index is 2.28. The zero-order valence-corrected chi connectivity index (χ0v) is 10.7. The van der Waals surface area contributed by atoms with Crippen molar-refractivity contribution in [1.82, 2.24) is 10.4 Å². The lowest BCUT2D eigenvalue weighted by Gasteiger charge is -2.18. The molecule has 18 heavy (non-hydrogen) atoms. The molecule has 0 bridgehead atoms. The van der Waals surface area contributed by atoms with Crippen LogP contribution < -0.4 is 16.2 Å². The fraction of sp³-hybridized carbons (Fsp3) is 0.214. The van der Waals surface area contributed by atoms with Crippen molar-refractivity contribution in [2.24, 2.45) is 5.84 Å². The van der Waals surface area contributed by atoms with Gasteiger partial charge in [-0.3, -0.25) is 10.8 Å². The first-order valence-corrected chi connectivity index (χ1v) is 5.85. The highest BCUT2D eigenvalue weighted by molar-refractivity contribution is 5.47. The zero-order chi connectivity index (χ0) is 13.0. The Hall–Kier alpha value is -1.91. The molecule has 1 aromatic carbocycles. The van der Waals surface area contributed by atoms with Crippen LogP contribution in [0.2, 0.25) is 0 Å². The molecule has 94 valence electrons. The number of anilines is 1. The first kappa shape index (κ1) is 12.5. The normalized spacial score (nSPS) is 12.2. The molecule has 0 aliphatic heterocycles. The molecule has 2 rings (SSSR count). The molecule has 0 spiro atoms. The molecular formula is C14H18N4. The monoisotopic (exact) mass is 242 g/mol. The van der Waals surface area contributed by atoms with Crippen molar-refractivity contribution in [2.45, 2.75) is 6.04 Å². The molecule has 1 heterocycles. The maximum Gasteiger partial charge on any atom is 0.0725 e. The van der Waals surface area contributed by atoms with E-state index in [9.17, 15) is 0 Å². The molecule has 0 aliphatic rings. The fourth-order valence-electron chi connectivity index (χ4n) is 1.90. The lowest BCUT2D eigenvalue weighted by atomic mass is 10.0. The van der Waals surface area contributed by atoms with E-state index in [4.69, 9.17) is 5.84 Å². The van der Waals surface area contributed by atoms with Crippen molar-refractivity contribution in [2.75, 3.05) is 19.0 Å². The number of rotatable bonds is 4. The van der Waals surface area contributed by atoms with E-state index in [0.717, 1.165) is 11.1 Å². The topological polar surface area (TPSA) is 54.2 Å². The number of nitrogens with two attached hydrogens (primary N) is 1. The number of hydrazine groups is 1. The molecule has 0 saturated heterocycles. The molecule has 1 unspecified atom stereocenters. The highest BCUT2D eigenvalue weighted by Gasteiger charge is 2.12. The standard InChI is InChI=1S/C14H18N4/c1-18(2)13-7-5-11(6-8-13)14(17-15)12-4-3-9-16-10-12/h3-10,14,17H,15H2,1-2H3. The van der Waals surface area contributed by atoms with Crippen molar-refractivity contribution in [3.8, 4) is 0 Å². The number of pyridine rings is 1. The fourth-order valence-corrected chi connectivity index (χ4v) is 1.90. The quantitative estimate of drug-likeness (QED) is 0.633. The Bertz CT molecular complexity index is 479. The lowest BCUT2D eigenvalue weighted by Crippen LogP contribution is -2.28. The van der Waals surface area contributed by atoms with Crippen molar-refractivity contribution < 1.29 is 0 Å².